The van der Waals surface area contributed by atoms with Crippen molar-refractivity contribution in [1.29, 1.82) is 0 Å². The molecule has 2 saturated heterocycles. The van der Waals surface area contributed by atoms with E-state index >= 15 is 0 Å². The smallest absolute Gasteiger partial charge is 0.295 e. The molecule has 2 aliphatic rings. The molecule has 6 nitrogen and oxygen atoms in total. The molecule has 1 amide bonds. The number of hydrogen-bond donors (Lipinski definition) is 1. The molecular formula is C28H33FN2O4. The molecule has 2 fully saturated rings. The van der Waals surface area contributed by atoms with E-state index < -0.39 is 29.3 Å². The Morgan fingerprint density at radius 3 is 2.31 bits per heavy atom. The number of hydrogen-bond acceptors (Lipinski definition) is 5. The number of ketones is 1. The number of Topliss-reactive ketones (excluding diaryl/α,β-unsaturated/α-hetero) is 1. The van der Waals surface area contributed by atoms with Crippen molar-refractivity contribution in [2.24, 2.45) is 0 Å². The first-order chi connectivity index (χ1) is 16.6. The second-order valence-electron chi connectivity index (χ2n) is 10.3. The second kappa shape index (κ2) is 9.82. The highest BCUT2D eigenvalue weighted by Crippen LogP contribution is 2.41. The lowest BCUT2D eigenvalue weighted by Gasteiger charge is -2.28. The van der Waals surface area contributed by atoms with Crippen molar-refractivity contribution in [3.8, 4) is 5.75 Å². The van der Waals surface area contributed by atoms with Crippen molar-refractivity contribution in [3.63, 3.8) is 0 Å². The minimum absolute atomic E-state index is 0.0429. The number of methoxy groups -OCH3 is 1. The van der Waals surface area contributed by atoms with Crippen LogP contribution in [0.2, 0.25) is 0 Å². The third kappa shape index (κ3) is 4.96. The van der Waals surface area contributed by atoms with Gasteiger partial charge in [0, 0.05) is 13.1 Å². The van der Waals surface area contributed by atoms with Gasteiger partial charge in [-0.3, -0.25) is 9.59 Å². The fourth-order valence-corrected chi connectivity index (χ4v) is 4.89. The number of nitrogens with zero attached hydrogens (tertiary/aromatic N) is 2. The summed E-state index contributed by atoms with van der Waals surface area (Å²) in [6, 6.07) is 10.7. The molecule has 2 heterocycles. The predicted octanol–water partition coefficient (Wildman–Crippen LogP) is 4.65. The molecule has 2 aromatic rings. The van der Waals surface area contributed by atoms with Gasteiger partial charge in [0.05, 0.1) is 24.3 Å². The summed E-state index contributed by atoms with van der Waals surface area (Å²) in [4.78, 5) is 30.3. The Bertz CT molecular complexity index is 1140. The van der Waals surface area contributed by atoms with Gasteiger partial charge in [0.2, 0.25) is 0 Å². The molecule has 1 unspecified atom stereocenters. The van der Waals surface area contributed by atoms with Crippen molar-refractivity contribution in [3.05, 3.63) is 70.5 Å². The molecule has 0 bridgehead atoms. The molecule has 2 aromatic carbocycles. The quantitative estimate of drug-likeness (QED) is 0.370. The zero-order valence-electron chi connectivity index (χ0n) is 20.8. The van der Waals surface area contributed by atoms with Gasteiger partial charge in [-0.1, -0.05) is 45.0 Å². The van der Waals surface area contributed by atoms with E-state index in [1.165, 1.54) is 24.1 Å². The lowest BCUT2D eigenvalue weighted by atomic mass is 9.85. The Morgan fingerprint density at radius 1 is 1.06 bits per heavy atom. The molecule has 1 atom stereocenters. The Labute approximate surface area is 206 Å². The predicted molar refractivity (Wildman–Crippen MR) is 133 cm³/mol. The van der Waals surface area contributed by atoms with Crippen molar-refractivity contribution in [1.82, 2.24) is 9.80 Å². The van der Waals surface area contributed by atoms with Gasteiger partial charge in [-0.25, -0.2) is 4.39 Å². The monoisotopic (exact) mass is 480 g/mol. The van der Waals surface area contributed by atoms with E-state index in [-0.39, 0.29) is 22.3 Å². The number of aliphatic hydroxyl groups excluding tert-OH is 1. The van der Waals surface area contributed by atoms with Gasteiger partial charge in [0.15, 0.2) is 0 Å². The molecule has 0 aliphatic carbocycles. The minimum Gasteiger partial charge on any atom is -0.507 e. The SMILES string of the molecule is COc1ccc(F)cc1/C(O)=C1\C(=O)C(=O)N(CCN2CCCC2)C1c1ccc(C(C)(C)C)cc1. The fraction of sp³-hybridized carbons (Fsp3) is 0.429. The average molecular weight is 481 g/mol. The highest BCUT2D eigenvalue weighted by molar-refractivity contribution is 6.46. The third-order valence-corrected chi connectivity index (χ3v) is 6.90. The lowest BCUT2D eigenvalue weighted by molar-refractivity contribution is -0.140. The van der Waals surface area contributed by atoms with Crippen molar-refractivity contribution < 1.29 is 23.8 Å². The van der Waals surface area contributed by atoms with E-state index in [9.17, 15) is 19.1 Å². The molecule has 186 valence electrons. The van der Waals surface area contributed by atoms with Crippen LogP contribution in [0.5, 0.6) is 5.75 Å². The maximum atomic E-state index is 14.1. The van der Waals surface area contributed by atoms with Gasteiger partial charge in [0.1, 0.15) is 17.3 Å². The van der Waals surface area contributed by atoms with Gasteiger partial charge < -0.3 is 19.6 Å². The van der Waals surface area contributed by atoms with E-state index in [2.05, 4.69) is 25.7 Å². The molecule has 1 N–H and O–H groups in total. The van der Waals surface area contributed by atoms with E-state index in [0.717, 1.165) is 43.1 Å². The molecular weight excluding hydrogens is 447 g/mol. The van der Waals surface area contributed by atoms with Crippen LogP contribution in [-0.4, -0.2) is 59.9 Å². The van der Waals surface area contributed by atoms with Gasteiger partial charge in [-0.2, -0.15) is 0 Å². The molecule has 2 aliphatic heterocycles. The van der Waals surface area contributed by atoms with Crippen LogP contribution in [0, 0.1) is 5.82 Å². The first-order valence-electron chi connectivity index (χ1n) is 12.1. The van der Waals surface area contributed by atoms with E-state index in [1.54, 1.807) is 0 Å². The van der Waals surface area contributed by atoms with Crippen LogP contribution in [-0.2, 0) is 15.0 Å². The highest BCUT2D eigenvalue weighted by Gasteiger charge is 2.46. The van der Waals surface area contributed by atoms with E-state index in [1.807, 2.05) is 24.3 Å². The molecule has 0 aromatic heterocycles. The fourth-order valence-electron chi connectivity index (χ4n) is 4.89. The summed E-state index contributed by atoms with van der Waals surface area (Å²) in [5, 5.41) is 11.3. The number of likely N-dealkylation sites (tertiary alicyclic amines) is 2. The molecule has 0 radical (unpaired) electrons. The maximum Gasteiger partial charge on any atom is 0.295 e. The third-order valence-electron chi connectivity index (χ3n) is 6.90. The maximum absolute atomic E-state index is 14.1. The number of rotatable bonds is 6. The van der Waals surface area contributed by atoms with Crippen LogP contribution in [0.15, 0.2) is 48.0 Å². The Hall–Kier alpha value is -3.19. The van der Waals surface area contributed by atoms with Gasteiger partial charge >= 0.3 is 0 Å². The van der Waals surface area contributed by atoms with Crippen molar-refractivity contribution >= 4 is 17.4 Å². The van der Waals surface area contributed by atoms with E-state index in [4.69, 9.17) is 4.74 Å². The summed E-state index contributed by atoms with van der Waals surface area (Å²) in [5.74, 6) is -2.24. The highest BCUT2D eigenvalue weighted by atomic mass is 19.1. The number of amides is 1. The number of ether oxygens (including phenoxy) is 1. The molecule has 0 saturated carbocycles. The lowest BCUT2D eigenvalue weighted by Crippen LogP contribution is -2.37. The molecule has 0 spiro atoms. The second-order valence-corrected chi connectivity index (χ2v) is 10.3. The first-order valence-corrected chi connectivity index (χ1v) is 12.1. The zero-order valence-corrected chi connectivity index (χ0v) is 20.8. The van der Waals surface area contributed by atoms with Crippen LogP contribution in [0.1, 0.15) is 56.3 Å². The number of aliphatic hydroxyl groups is 1. The molecule has 4 rings (SSSR count). The number of carbonyl (C=O) groups excluding carboxylic acids is 2. The van der Waals surface area contributed by atoms with Crippen LogP contribution in [0.4, 0.5) is 4.39 Å². The number of halogens is 1. The van der Waals surface area contributed by atoms with Crippen LogP contribution >= 0.6 is 0 Å². The summed E-state index contributed by atoms with van der Waals surface area (Å²) < 4.78 is 19.4. The Balaban J connectivity index is 1.81. The van der Waals surface area contributed by atoms with Crippen molar-refractivity contribution in [2.75, 3.05) is 33.3 Å². The minimum atomic E-state index is -0.778. The molecule has 35 heavy (non-hydrogen) atoms. The summed E-state index contributed by atoms with van der Waals surface area (Å²) in [6.45, 7) is 9.27. The molecule has 7 heteroatoms. The van der Waals surface area contributed by atoms with Crippen LogP contribution in [0.3, 0.4) is 0 Å². The summed E-state index contributed by atoms with van der Waals surface area (Å²) in [6.07, 6.45) is 2.24. The van der Waals surface area contributed by atoms with Gasteiger partial charge in [-0.15, -0.1) is 0 Å². The first kappa shape index (κ1) is 24.9. The normalized spacial score (nSPS) is 20.6. The summed E-state index contributed by atoms with van der Waals surface area (Å²) in [5.41, 5.74) is 1.76. The number of carbonyl (C=O) groups is 2. The van der Waals surface area contributed by atoms with Gasteiger partial charge in [0.25, 0.3) is 11.7 Å². The van der Waals surface area contributed by atoms with Gasteiger partial charge in [-0.05, 0) is 60.7 Å². The van der Waals surface area contributed by atoms with Crippen LogP contribution < -0.4 is 4.74 Å². The van der Waals surface area contributed by atoms with Crippen molar-refractivity contribution in [2.45, 2.75) is 45.1 Å². The van der Waals surface area contributed by atoms with Crippen LogP contribution in [0.25, 0.3) is 5.76 Å². The topological polar surface area (TPSA) is 70.1 Å². The average Bonchev–Trinajstić information content (AvgIpc) is 3.43. The zero-order chi connectivity index (χ0) is 25.3. The largest absolute Gasteiger partial charge is 0.507 e. The summed E-state index contributed by atoms with van der Waals surface area (Å²) in [7, 11) is 1.40. The Kier molecular flexibility index (Phi) is 6.99. The summed E-state index contributed by atoms with van der Waals surface area (Å²) >= 11 is 0. The standard InChI is InChI=1S/C28H33FN2O4/c1-28(2,3)19-9-7-18(8-10-19)24-23(25(32)21-17-20(29)11-12-22(21)35-4)26(33)27(34)31(24)16-15-30-13-5-6-14-30/h7-12,17,24,32H,5-6,13-16H2,1-4H3/b25-23+. The Morgan fingerprint density at radius 2 is 1.71 bits per heavy atom. The number of benzene rings is 2. The van der Waals surface area contributed by atoms with E-state index in [0.29, 0.717) is 13.1 Å².